The number of benzene rings is 2. The molecule has 0 bridgehead atoms. The summed E-state index contributed by atoms with van der Waals surface area (Å²) in [5.74, 6) is -0.493. The number of rotatable bonds is 6. The number of carbonyl (C=O) groups excluding carboxylic acids is 2. The number of aryl methyl sites for hydroxylation is 2. The van der Waals surface area contributed by atoms with E-state index in [0.717, 1.165) is 28.2 Å². The summed E-state index contributed by atoms with van der Waals surface area (Å²) in [5.41, 5.74) is 5.47. The first-order valence-electron chi connectivity index (χ1n) is 9.76. The van der Waals surface area contributed by atoms with Crippen LogP contribution in [0.1, 0.15) is 22.5 Å². The summed E-state index contributed by atoms with van der Waals surface area (Å²) < 4.78 is 1.86. The van der Waals surface area contributed by atoms with Gasteiger partial charge in [-0.15, -0.1) is 0 Å². The molecule has 154 valence electrons. The van der Waals surface area contributed by atoms with Gasteiger partial charge in [0.1, 0.15) is 0 Å². The number of nitrogens with zero attached hydrogens (tertiary/aromatic N) is 3. The number of hydrogen-bond acceptors (Lipinski definition) is 3. The Morgan fingerprint density at radius 3 is 2.37 bits per heavy atom. The highest BCUT2D eigenvalue weighted by atomic mass is 16.2. The topological polar surface area (TPSA) is 67.2 Å². The summed E-state index contributed by atoms with van der Waals surface area (Å²) in [7, 11) is 1.61. The summed E-state index contributed by atoms with van der Waals surface area (Å²) in [4.78, 5) is 26.1. The smallest absolute Gasteiger partial charge is 0.246 e. The standard InChI is InChI=1S/C24H26N4O2/c1-17-10-12-20(13-11-17)25-23(29)16-27(4)24(30)15-14-22-18(2)26-28(19(22)3)21-8-6-5-7-9-21/h5-15H,16H2,1-4H3,(H,25,29)/b15-14+. The number of aromatic nitrogens is 2. The van der Waals surface area contributed by atoms with Crippen LogP contribution in [0.5, 0.6) is 0 Å². The van der Waals surface area contributed by atoms with Crippen molar-refractivity contribution in [1.29, 1.82) is 0 Å². The van der Waals surface area contributed by atoms with E-state index in [9.17, 15) is 9.59 Å². The van der Waals surface area contributed by atoms with Crippen molar-refractivity contribution in [3.8, 4) is 5.69 Å². The van der Waals surface area contributed by atoms with Gasteiger partial charge in [0.15, 0.2) is 0 Å². The van der Waals surface area contributed by atoms with Crippen LogP contribution in [0.2, 0.25) is 0 Å². The van der Waals surface area contributed by atoms with Gasteiger partial charge in [-0.25, -0.2) is 4.68 Å². The molecule has 0 fully saturated rings. The van der Waals surface area contributed by atoms with Crippen LogP contribution in [0.25, 0.3) is 11.8 Å². The Kier molecular flexibility index (Phi) is 6.47. The van der Waals surface area contributed by atoms with E-state index in [-0.39, 0.29) is 18.4 Å². The number of anilines is 1. The van der Waals surface area contributed by atoms with Gasteiger partial charge in [0.25, 0.3) is 0 Å². The molecule has 0 aliphatic rings. The summed E-state index contributed by atoms with van der Waals surface area (Å²) in [6.45, 7) is 5.83. The third-order valence-electron chi connectivity index (χ3n) is 4.83. The van der Waals surface area contributed by atoms with Gasteiger partial charge in [-0.05, 0) is 51.1 Å². The van der Waals surface area contributed by atoms with E-state index in [1.165, 1.54) is 11.0 Å². The molecule has 0 saturated carbocycles. The van der Waals surface area contributed by atoms with Gasteiger partial charge in [0.05, 0.1) is 17.9 Å². The summed E-state index contributed by atoms with van der Waals surface area (Å²) >= 11 is 0. The van der Waals surface area contributed by atoms with Crippen molar-refractivity contribution in [2.45, 2.75) is 20.8 Å². The van der Waals surface area contributed by atoms with E-state index in [1.54, 1.807) is 13.1 Å². The van der Waals surface area contributed by atoms with Crippen LogP contribution < -0.4 is 5.32 Å². The maximum Gasteiger partial charge on any atom is 0.246 e. The molecule has 0 unspecified atom stereocenters. The normalized spacial score (nSPS) is 10.9. The van der Waals surface area contributed by atoms with Gasteiger partial charge in [-0.3, -0.25) is 9.59 Å². The van der Waals surface area contributed by atoms with Gasteiger partial charge < -0.3 is 10.2 Å². The second-order valence-corrected chi connectivity index (χ2v) is 7.27. The Morgan fingerprint density at radius 2 is 1.70 bits per heavy atom. The summed E-state index contributed by atoms with van der Waals surface area (Å²) in [5, 5.41) is 7.38. The van der Waals surface area contributed by atoms with Crippen molar-refractivity contribution in [2.75, 3.05) is 18.9 Å². The van der Waals surface area contributed by atoms with Crippen LogP contribution in [0.15, 0.2) is 60.7 Å². The molecule has 3 aromatic rings. The molecule has 1 heterocycles. The lowest BCUT2D eigenvalue weighted by Crippen LogP contribution is -2.33. The molecule has 3 rings (SSSR count). The summed E-state index contributed by atoms with van der Waals surface area (Å²) in [6.07, 6.45) is 3.24. The highest BCUT2D eigenvalue weighted by Crippen LogP contribution is 2.19. The Morgan fingerprint density at radius 1 is 1.03 bits per heavy atom. The number of nitrogens with one attached hydrogen (secondary N) is 1. The summed E-state index contributed by atoms with van der Waals surface area (Å²) in [6, 6.07) is 17.4. The quantitative estimate of drug-likeness (QED) is 0.636. The van der Waals surface area contributed by atoms with E-state index in [4.69, 9.17) is 0 Å². The Labute approximate surface area is 176 Å². The fourth-order valence-corrected chi connectivity index (χ4v) is 3.13. The lowest BCUT2D eigenvalue weighted by molar-refractivity contribution is -0.129. The van der Waals surface area contributed by atoms with Crippen LogP contribution in [-0.2, 0) is 9.59 Å². The average molecular weight is 402 g/mol. The fourth-order valence-electron chi connectivity index (χ4n) is 3.13. The van der Waals surface area contributed by atoms with Gasteiger partial charge >= 0.3 is 0 Å². The van der Waals surface area contributed by atoms with Crippen LogP contribution in [0.3, 0.4) is 0 Å². The molecule has 0 radical (unpaired) electrons. The fraction of sp³-hybridized carbons (Fsp3) is 0.208. The Balaban J connectivity index is 1.64. The lowest BCUT2D eigenvalue weighted by Gasteiger charge is -2.15. The molecular weight excluding hydrogens is 376 g/mol. The van der Waals surface area contributed by atoms with Crippen LogP contribution in [0, 0.1) is 20.8 Å². The zero-order valence-electron chi connectivity index (χ0n) is 17.7. The predicted octanol–water partition coefficient (Wildman–Crippen LogP) is 3.91. The molecule has 0 saturated heterocycles. The molecule has 30 heavy (non-hydrogen) atoms. The zero-order chi connectivity index (χ0) is 21.7. The number of likely N-dealkylation sites (N-methyl/N-ethyl adjacent to an activating group) is 1. The first-order chi connectivity index (χ1) is 14.3. The zero-order valence-corrected chi connectivity index (χ0v) is 17.7. The predicted molar refractivity (Wildman–Crippen MR) is 120 cm³/mol. The van der Waals surface area contributed by atoms with Gasteiger partial charge in [0.2, 0.25) is 11.8 Å². The van der Waals surface area contributed by atoms with E-state index in [0.29, 0.717) is 5.69 Å². The molecule has 0 aliphatic heterocycles. The molecule has 0 spiro atoms. The molecular formula is C24H26N4O2. The number of amides is 2. The van der Waals surface area contributed by atoms with Crippen LogP contribution in [-0.4, -0.2) is 40.1 Å². The molecule has 0 atom stereocenters. The van der Waals surface area contributed by atoms with Crippen molar-refractivity contribution in [2.24, 2.45) is 0 Å². The maximum atomic E-state index is 12.5. The van der Waals surface area contributed by atoms with Crippen molar-refractivity contribution < 1.29 is 9.59 Å². The number of hydrogen-bond donors (Lipinski definition) is 1. The molecule has 0 aliphatic carbocycles. The van der Waals surface area contributed by atoms with E-state index in [1.807, 2.05) is 80.1 Å². The average Bonchev–Trinajstić information content (AvgIpc) is 3.02. The minimum atomic E-state index is -0.250. The van der Waals surface area contributed by atoms with Crippen molar-refractivity contribution in [3.05, 3.63) is 83.2 Å². The largest absolute Gasteiger partial charge is 0.333 e. The van der Waals surface area contributed by atoms with Crippen LogP contribution in [0.4, 0.5) is 5.69 Å². The number of carbonyl (C=O) groups is 2. The van der Waals surface area contributed by atoms with Crippen molar-refractivity contribution >= 4 is 23.6 Å². The Bertz CT molecular complexity index is 1070. The molecule has 1 N–H and O–H groups in total. The van der Waals surface area contributed by atoms with E-state index < -0.39 is 0 Å². The van der Waals surface area contributed by atoms with Crippen molar-refractivity contribution in [1.82, 2.24) is 14.7 Å². The van der Waals surface area contributed by atoms with Gasteiger partial charge in [-0.2, -0.15) is 5.10 Å². The molecule has 2 aromatic carbocycles. The third-order valence-corrected chi connectivity index (χ3v) is 4.83. The SMILES string of the molecule is Cc1ccc(NC(=O)CN(C)C(=O)/C=C/c2c(C)nn(-c3ccccc3)c2C)cc1. The van der Waals surface area contributed by atoms with Gasteiger partial charge in [0, 0.05) is 30.1 Å². The van der Waals surface area contributed by atoms with Crippen LogP contribution >= 0.6 is 0 Å². The minimum absolute atomic E-state index is 0.0295. The highest BCUT2D eigenvalue weighted by Gasteiger charge is 2.13. The lowest BCUT2D eigenvalue weighted by atomic mass is 10.2. The van der Waals surface area contributed by atoms with Crippen molar-refractivity contribution in [3.63, 3.8) is 0 Å². The minimum Gasteiger partial charge on any atom is -0.333 e. The second kappa shape index (κ2) is 9.22. The molecule has 6 nitrogen and oxygen atoms in total. The monoisotopic (exact) mass is 402 g/mol. The number of para-hydroxylation sites is 1. The molecule has 1 aromatic heterocycles. The third kappa shape index (κ3) is 5.03. The molecule has 6 heteroatoms. The van der Waals surface area contributed by atoms with E-state index in [2.05, 4.69) is 10.4 Å². The highest BCUT2D eigenvalue weighted by molar-refractivity contribution is 5.98. The Hall–Kier alpha value is -3.67. The van der Waals surface area contributed by atoms with Gasteiger partial charge in [-0.1, -0.05) is 35.9 Å². The first-order valence-corrected chi connectivity index (χ1v) is 9.76. The first kappa shape index (κ1) is 21.0. The van der Waals surface area contributed by atoms with E-state index >= 15 is 0 Å². The maximum absolute atomic E-state index is 12.5. The second-order valence-electron chi connectivity index (χ2n) is 7.27. The molecule has 2 amide bonds.